The van der Waals surface area contributed by atoms with Crippen LogP contribution in [0.25, 0.3) is 0 Å². The first-order valence-corrected chi connectivity index (χ1v) is 6.50. The van der Waals surface area contributed by atoms with Gasteiger partial charge in [0.05, 0.1) is 6.54 Å². The number of rotatable bonds is 3. The highest BCUT2D eigenvalue weighted by Crippen LogP contribution is 2.16. The minimum absolute atomic E-state index is 0.323. The van der Waals surface area contributed by atoms with Crippen molar-refractivity contribution in [1.29, 1.82) is 0 Å². The van der Waals surface area contributed by atoms with Crippen LogP contribution in [-0.4, -0.2) is 55.0 Å². The molecule has 0 aliphatic carbocycles. The van der Waals surface area contributed by atoms with E-state index in [0.29, 0.717) is 18.4 Å². The van der Waals surface area contributed by atoms with Crippen molar-refractivity contribution in [2.45, 2.75) is 25.7 Å². The minimum Gasteiger partial charge on any atom is -0.342 e. The SMILES string of the molecule is NCC1CCN(CC(=O)N2CCCC2)CC1. The number of carbonyl (C=O) groups is 1. The Kier molecular flexibility index (Phi) is 4.18. The lowest BCUT2D eigenvalue weighted by Gasteiger charge is -2.31. The van der Waals surface area contributed by atoms with E-state index in [-0.39, 0.29) is 0 Å². The molecule has 0 unspecified atom stereocenters. The molecular formula is C12H23N3O. The molecule has 92 valence electrons. The van der Waals surface area contributed by atoms with Gasteiger partial charge < -0.3 is 10.6 Å². The molecule has 0 atom stereocenters. The van der Waals surface area contributed by atoms with Crippen LogP contribution < -0.4 is 5.73 Å². The average molecular weight is 225 g/mol. The topological polar surface area (TPSA) is 49.6 Å². The van der Waals surface area contributed by atoms with Crippen LogP contribution in [0.3, 0.4) is 0 Å². The predicted octanol–water partition coefficient (Wildman–Crippen LogP) is 0.279. The van der Waals surface area contributed by atoms with Gasteiger partial charge in [-0.15, -0.1) is 0 Å². The Morgan fingerprint density at radius 2 is 1.75 bits per heavy atom. The fraction of sp³-hybridized carbons (Fsp3) is 0.917. The van der Waals surface area contributed by atoms with Gasteiger partial charge in [-0.1, -0.05) is 0 Å². The van der Waals surface area contributed by atoms with Crippen molar-refractivity contribution < 1.29 is 4.79 Å². The van der Waals surface area contributed by atoms with Crippen LogP contribution in [0.15, 0.2) is 0 Å². The quantitative estimate of drug-likeness (QED) is 0.750. The molecule has 2 fully saturated rings. The number of hydrogen-bond donors (Lipinski definition) is 1. The van der Waals surface area contributed by atoms with Gasteiger partial charge >= 0.3 is 0 Å². The number of likely N-dealkylation sites (tertiary alicyclic amines) is 2. The third kappa shape index (κ3) is 2.95. The summed E-state index contributed by atoms with van der Waals surface area (Å²) >= 11 is 0. The Labute approximate surface area is 97.8 Å². The summed E-state index contributed by atoms with van der Waals surface area (Å²) in [5.74, 6) is 1.00. The minimum atomic E-state index is 0.323. The van der Waals surface area contributed by atoms with E-state index in [9.17, 15) is 4.79 Å². The number of nitrogens with two attached hydrogens (primary N) is 1. The second-order valence-corrected chi connectivity index (χ2v) is 5.04. The van der Waals surface area contributed by atoms with Crippen LogP contribution in [-0.2, 0) is 4.79 Å². The molecule has 16 heavy (non-hydrogen) atoms. The molecule has 0 bridgehead atoms. The zero-order chi connectivity index (χ0) is 11.4. The second-order valence-electron chi connectivity index (χ2n) is 5.04. The van der Waals surface area contributed by atoms with E-state index in [1.807, 2.05) is 4.90 Å². The van der Waals surface area contributed by atoms with E-state index < -0.39 is 0 Å². The maximum atomic E-state index is 11.9. The van der Waals surface area contributed by atoms with E-state index in [2.05, 4.69) is 4.90 Å². The van der Waals surface area contributed by atoms with Gasteiger partial charge in [0.15, 0.2) is 0 Å². The van der Waals surface area contributed by atoms with Crippen molar-refractivity contribution in [1.82, 2.24) is 9.80 Å². The molecule has 0 aromatic carbocycles. The molecule has 1 amide bonds. The summed E-state index contributed by atoms with van der Waals surface area (Å²) in [5.41, 5.74) is 5.66. The summed E-state index contributed by atoms with van der Waals surface area (Å²) in [5, 5.41) is 0. The van der Waals surface area contributed by atoms with Crippen LogP contribution in [0.1, 0.15) is 25.7 Å². The Bertz CT molecular complexity index is 230. The van der Waals surface area contributed by atoms with Gasteiger partial charge in [0, 0.05) is 13.1 Å². The molecule has 4 nitrogen and oxygen atoms in total. The molecular weight excluding hydrogens is 202 g/mol. The first-order valence-electron chi connectivity index (χ1n) is 6.50. The first-order chi connectivity index (χ1) is 7.79. The largest absolute Gasteiger partial charge is 0.342 e. The summed E-state index contributed by atoms with van der Waals surface area (Å²) < 4.78 is 0. The van der Waals surface area contributed by atoms with E-state index in [0.717, 1.165) is 45.6 Å². The smallest absolute Gasteiger partial charge is 0.236 e. The van der Waals surface area contributed by atoms with Crippen LogP contribution in [0.4, 0.5) is 0 Å². The van der Waals surface area contributed by atoms with Gasteiger partial charge in [-0.05, 0) is 51.2 Å². The fourth-order valence-electron chi connectivity index (χ4n) is 2.64. The van der Waals surface area contributed by atoms with Crippen molar-refractivity contribution >= 4 is 5.91 Å². The van der Waals surface area contributed by atoms with Crippen molar-refractivity contribution in [2.75, 3.05) is 39.3 Å². The zero-order valence-electron chi connectivity index (χ0n) is 10.0. The molecule has 0 aromatic heterocycles. The number of carbonyl (C=O) groups excluding carboxylic acids is 1. The fourth-order valence-corrected chi connectivity index (χ4v) is 2.64. The maximum Gasteiger partial charge on any atom is 0.236 e. The Balaban J connectivity index is 1.71. The highest BCUT2D eigenvalue weighted by molar-refractivity contribution is 5.78. The number of hydrogen-bond acceptors (Lipinski definition) is 3. The third-order valence-electron chi connectivity index (χ3n) is 3.86. The van der Waals surface area contributed by atoms with Gasteiger partial charge in [-0.2, -0.15) is 0 Å². The maximum absolute atomic E-state index is 11.9. The lowest BCUT2D eigenvalue weighted by Crippen LogP contribution is -2.43. The zero-order valence-corrected chi connectivity index (χ0v) is 10.0. The molecule has 2 aliphatic heterocycles. The summed E-state index contributed by atoms with van der Waals surface area (Å²) in [4.78, 5) is 16.2. The molecule has 2 rings (SSSR count). The van der Waals surface area contributed by atoms with Crippen LogP contribution in [0.5, 0.6) is 0 Å². The van der Waals surface area contributed by atoms with Gasteiger partial charge in [0.2, 0.25) is 5.91 Å². The molecule has 2 aliphatic rings. The third-order valence-corrected chi connectivity index (χ3v) is 3.86. The number of nitrogens with zero attached hydrogens (tertiary/aromatic N) is 2. The van der Waals surface area contributed by atoms with Crippen molar-refractivity contribution in [3.8, 4) is 0 Å². The molecule has 0 radical (unpaired) electrons. The summed E-state index contributed by atoms with van der Waals surface area (Å²) in [7, 11) is 0. The summed E-state index contributed by atoms with van der Waals surface area (Å²) in [6, 6.07) is 0. The van der Waals surface area contributed by atoms with Gasteiger partial charge in [-0.25, -0.2) is 0 Å². The highest BCUT2D eigenvalue weighted by Gasteiger charge is 2.23. The molecule has 2 saturated heterocycles. The number of piperidine rings is 1. The molecule has 0 spiro atoms. The van der Waals surface area contributed by atoms with Gasteiger partial charge in [0.25, 0.3) is 0 Å². The van der Waals surface area contributed by atoms with Crippen LogP contribution in [0.2, 0.25) is 0 Å². The highest BCUT2D eigenvalue weighted by atomic mass is 16.2. The molecule has 4 heteroatoms. The Hall–Kier alpha value is -0.610. The van der Waals surface area contributed by atoms with Crippen molar-refractivity contribution in [3.05, 3.63) is 0 Å². The van der Waals surface area contributed by atoms with E-state index in [1.165, 1.54) is 12.8 Å². The Morgan fingerprint density at radius 1 is 1.12 bits per heavy atom. The second kappa shape index (κ2) is 5.64. The molecule has 0 aromatic rings. The van der Waals surface area contributed by atoms with E-state index in [1.54, 1.807) is 0 Å². The molecule has 2 heterocycles. The lowest BCUT2D eigenvalue weighted by atomic mass is 9.97. The predicted molar refractivity (Wildman–Crippen MR) is 64.0 cm³/mol. The summed E-state index contributed by atoms with van der Waals surface area (Å²) in [6.45, 7) is 5.45. The van der Waals surface area contributed by atoms with Gasteiger partial charge in [-0.3, -0.25) is 9.69 Å². The van der Waals surface area contributed by atoms with E-state index in [4.69, 9.17) is 5.73 Å². The van der Waals surface area contributed by atoms with Crippen LogP contribution >= 0.6 is 0 Å². The number of amides is 1. The lowest BCUT2D eigenvalue weighted by molar-refractivity contribution is -0.131. The average Bonchev–Trinajstić information content (AvgIpc) is 2.83. The first kappa shape index (κ1) is 11.9. The monoisotopic (exact) mass is 225 g/mol. The molecule has 2 N–H and O–H groups in total. The standard InChI is InChI=1S/C12H23N3O/c13-9-11-3-7-14(8-4-11)10-12(16)15-5-1-2-6-15/h11H,1-10,13H2. The van der Waals surface area contributed by atoms with Crippen LogP contribution in [0, 0.1) is 5.92 Å². The Morgan fingerprint density at radius 3 is 2.31 bits per heavy atom. The molecule has 0 saturated carbocycles. The normalized spacial score (nSPS) is 23.9. The van der Waals surface area contributed by atoms with Crippen molar-refractivity contribution in [3.63, 3.8) is 0 Å². The van der Waals surface area contributed by atoms with E-state index >= 15 is 0 Å². The summed E-state index contributed by atoms with van der Waals surface area (Å²) in [6.07, 6.45) is 4.68. The van der Waals surface area contributed by atoms with Gasteiger partial charge in [0.1, 0.15) is 0 Å². The van der Waals surface area contributed by atoms with Crippen molar-refractivity contribution in [2.24, 2.45) is 11.7 Å².